The highest BCUT2D eigenvalue weighted by Crippen LogP contribution is 2.41. The van der Waals surface area contributed by atoms with Gasteiger partial charge in [-0.25, -0.2) is 0 Å². The number of ether oxygens (including phenoxy) is 5. The molecule has 1 aliphatic heterocycles. The minimum Gasteiger partial charge on any atom is -0.496 e. The minimum absolute atomic E-state index is 0.184. The molecule has 0 aliphatic carbocycles. The van der Waals surface area contributed by atoms with E-state index in [0.717, 1.165) is 11.1 Å². The van der Waals surface area contributed by atoms with E-state index < -0.39 is 42.3 Å². The molecule has 8 nitrogen and oxygen atoms in total. The molecule has 2 aromatic carbocycles. The monoisotopic (exact) mass is 480 g/mol. The summed E-state index contributed by atoms with van der Waals surface area (Å²) in [6.45, 7) is 5.57. The molecule has 0 spiro atoms. The first-order chi connectivity index (χ1) is 16.7. The van der Waals surface area contributed by atoms with Crippen LogP contribution in [0.5, 0.6) is 5.75 Å². The van der Waals surface area contributed by atoms with Crippen molar-refractivity contribution in [2.45, 2.75) is 52.1 Å². The van der Waals surface area contributed by atoms with Crippen LogP contribution in [0, 0.1) is 18.8 Å². The van der Waals surface area contributed by atoms with Crippen LogP contribution in [0.15, 0.2) is 42.5 Å². The molecule has 0 aromatic heterocycles. The van der Waals surface area contributed by atoms with Crippen LogP contribution in [0.25, 0.3) is 0 Å². The van der Waals surface area contributed by atoms with E-state index in [1.807, 2.05) is 31.2 Å². The zero-order valence-corrected chi connectivity index (χ0v) is 20.3. The molecule has 4 atom stereocenters. The molecule has 1 heterocycles. The summed E-state index contributed by atoms with van der Waals surface area (Å²) in [6.07, 6.45) is -3.71. The molecule has 1 fully saturated rings. The number of benzene rings is 2. The van der Waals surface area contributed by atoms with Crippen LogP contribution < -0.4 is 4.74 Å². The zero-order valence-electron chi connectivity index (χ0n) is 20.3. The molecular weight excluding hydrogens is 452 g/mol. The van der Waals surface area contributed by atoms with Crippen molar-refractivity contribution < 1.29 is 38.1 Å². The first-order valence-corrected chi connectivity index (χ1v) is 11.1. The molecule has 0 amide bonds. The van der Waals surface area contributed by atoms with Gasteiger partial charge in [-0.1, -0.05) is 29.5 Å². The van der Waals surface area contributed by atoms with Crippen molar-refractivity contribution >= 4 is 17.9 Å². The summed E-state index contributed by atoms with van der Waals surface area (Å²) in [6, 6.07) is 13.2. The quantitative estimate of drug-likeness (QED) is 0.353. The van der Waals surface area contributed by atoms with Gasteiger partial charge in [-0.3, -0.25) is 14.4 Å². The molecule has 3 rings (SSSR count). The Morgan fingerprint density at radius 1 is 0.857 bits per heavy atom. The Hall–Kier alpha value is -3.83. The fraction of sp³-hybridized carbons (Fsp3) is 0.370. The second-order valence-corrected chi connectivity index (χ2v) is 8.12. The summed E-state index contributed by atoms with van der Waals surface area (Å²) in [5, 5.41) is 0. The van der Waals surface area contributed by atoms with Crippen LogP contribution in [0.4, 0.5) is 0 Å². The van der Waals surface area contributed by atoms with Crippen LogP contribution in [0.1, 0.15) is 49.1 Å². The average molecular weight is 481 g/mol. The molecule has 35 heavy (non-hydrogen) atoms. The highest BCUT2D eigenvalue weighted by Gasteiger charge is 2.51. The Kier molecular flexibility index (Phi) is 8.50. The summed E-state index contributed by atoms with van der Waals surface area (Å²) in [5.74, 6) is 5.03. The number of carbonyl (C=O) groups is 3. The van der Waals surface area contributed by atoms with Gasteiger partial charge in [0.2, 0.25) is 0 Å². The van der Waals surface area contributed by atoms with Gasteiger partial charge in [-0.2, -0.15) is 0 Å². The number of methoxy groups -OCH3 is 1. The number of aryl methyl sites for hydroxylation is 1. The van der Waals surface area contributed by atoms with Crippen molar-refractivity contribution in [3.8, 4) is 17.6 Å². The predicted octanol–water partition coefficient (Wildman–Crippen LogP) is 3.27. The number of carbonyl (C=O) groups excluding carboxylic acids is 3. The Morgan fingerprint density at radius 3 is 2.06 bits per heavy atom. The van der Waals surface area contributed by atoms with E-state index in [4.69, 9.17) is 23.7 Å². The molecule has 184 valence electrons. The summed E-state index contributed by atoms with van der Waals surface area (Å²) >= 11 is 0. The number of rotatable bonds is 6. The average Bonchev–Trinajstić information content (AvgIpc) is 3.12. The van der Waals surface area contributed by atoms with Crippen LogP contribution in [0.3, 0.4) is 0 Å². The van der Waals surface area contributed by atoms with Crippen molar-refractivity contribution in [3.63, 3.8) is 0 Å². The standard InChI is InChI=1S/C27H28O8/c1-16-6-8-20(9-7-16)10-11-21-12-13-23(31-5)22(14-21)25-27(34-19(4)30)26(33-18(3)29)24(35-25)15-32-17(2)28/h6-9,12-14,24-27H,15H2,1-5H3/t24-,25+,26-,27+/m1/s1. The van der Waals surface area contributed by atoms with Gasteiger partial charge in [0.15, 0.2) is 12.2 Å². The fourth-order valence-corrected chi connectivity index (χ4v) is 3.78. The van der Waals surface area contributed by atoms with Gasteiger partial charge in [0.05, 0.1) is 7.11 Å². The molecule has 0 radical (unpaired) electrons. The molecule has 2 aromatic rings. The maximum Gasteiger partial charge on any atom is 0.303 e. The second-order valence-electron chi connectivity index (χ2n) is 8.12. The first kappa shape index (κ1) is 25.8. The van der Waals surface area contributed by atoms with Gasteiger partial charge in [0, 0.05) is 37.5 Å². The van der Waals surface area contributed by atoms with E-state index in [-0.39, 0.29) is 6.61 Å². The molecule has 0 N–H and O–H groups in total. The lowest BCUT2D eigenvalue weighted by Crippen LogP contribution is -2.40. The molecule has 0 bridgehead atoms. The lowest BCUT2D eigenvalue weighted by molar-refractivity contribution is -0.165. The Bertz CT molecular complexity index is 1140. The minimum atomic E-state index is -0.994. The van der Waals surface area contributed by atoms with E-state index in [2.05, 4.69) is 11.8 Å². The van der Waals surface area contributed by atoms with E-state index >= 15 is 0 Å². The van der Waals surface area contributed by atoms with E-state index in [9.17, 15) is 14.4 Å². The first-order valence-electron chi connectivity index (χ1n) is 11.1. The van der Waals surface area contributed by atoms with Gasteiger partial charge >= 0.3 is 17.9 Å². The van der Waals surface area contributed by atoms with Gasteiger partial charge in [0.1, 0.15) is 24.6 Å². The van der Waals surface area contributed by atoms with Crippen LogP contribution >= 0.6 is 0 Å². The van der Waals surface area contributed by atoms with Crippen LogP contribution in [-0.4, -0.2) is 49.9 Å². The molecule has 1 aliphatic rings. The van der Waals surface area contributed by atoms with Gasteiger partial charge in [-0.05, 0) is 37.3 Å². The molecule has 0 unspecified atom stereocenters. The maximum absolute atomic E-state index is 11.9. The molecule has 8 heteroatoms. The van der Waals surface area contributed by atoms with Crippen molar-refractivity contribution in [1.82, 2.24) is 0 Å². The van der Waals surface area contributed by atoms with Crippen molar-refractivity contribution in [1.29, 1.82) is 0 Å². The fourth-order valence-electron chi connectivity index (χ4n) is 3.78. The SMILES string of the molecule is COc1ccc(C#Cc2ccc(C)cc2)cc1[C@@H]1O[C@H](COC(C)=O)[C@@H](OC(C)=O)[C@H]1OC(C)=O. The van der Waals surface area contributed by atoms with E-state index in [0.29, 0.717) is 16.9 Å². The van der Waals surface area contributed by atoms with Gasteiger partial charge < -0.3 is 23.7 Å². The van der Waals surface area contributed by atoms with E-state index in [1.165, 1.54) is 27.9 Å². The topological polar surface area (TPSA) is 97.4 Å². The Labute approximate surface area is 204 Å². The van der Waals surface area contributed by atoms with Crippen molar-refractivity contribution in [2.75, 3.05) is 13.7 Å². The normalized spacial score (nSPS) is 20.8. The zero-order chi connectivity index (χ0) is 25.5. The summed E-state index contributed by atoms with van der Waals surface area (Å²) < 4.78 is 27.7. The number of hydrogen-bond acceptors (Lipinski definition) is 8. The van der Waals surface area contributed by atoms with Gasteiger partial charge in [-0.15, -0.1) is 0 Å². The largest absolute Gasteiger partial charge is 0.496 e. The third-order valence-corrected chi connectivity index (χ3v) is 5.30. The Balaban J connectivity index is 2.00. The smallest absolute Gasteiger partial charge is 0.303 e. The lowest BCUT2D eigenvalue weighted by atomic mass is 9.98. The van der Waals surface area contributed by atoms with Gasteiger partial charge in [0.25, 0.3) is 0 Å². The van der Waals surface area contributed by atoms with Crippen molar-refractivity contribution in [3.05, 3.63) is 64.7 Å². The van der Waals surface area contributed by atoms with Crippen LogP contribution in [-0.2, 0) is 33.3 Å². The third-order valence-electron chi connectivity index (χ3n) is 5.30. The molecule has 0 saturated carbocycles. The summed E-state index contributed by atoms with van der Waals surface area (Å²) in [4.78, 5) is 35.1. The highest BCUT2D eigenvalue weighted by atomic mass is 16.6. The maximum atomic E-state index is 11.9. The summed E-state index contributed by atoms with van der Waals surface area (Å²) in [5.41, 5.74) is 3.23. The third kappa shape index (κ3) is 6.84. The number of hydrogen-bond donors (Lipinski definition) is 0. The summed E-state index contributed by atoms with van der Waals surface area (Å²) in [7, 11) is 1.51. The lowest BCUT2D eigenvalue weighted by Gasteiger charge is -2.24. The Morgan fingerprint density at radius 2 is 1.46 bits per heavy atom. The molecule has 1 saturated heterocycles. The van der Waals surface area contributed by atoms with Crippen LogP contribution in [0.2, 0.25) is 0 Å². The van der Waals surface area contributed by atoms with Crippen molar-refractivity contribution in [2.24, 2.45) is 0 Å². The predicted molar refractivity (Wildman–Crippen MR) is 126 cm³/mol. The van der Waals surface area contributed by atoms with E-state index in [1.54, 1.807) is 18.2 Å². The second kappa shape index (κ2) is 11.5. The highest BCUT2D eigenvalue weighted by molar-refractivity contribution is 5.68. The molecular formula is C27H28O8. The number of esters is 3.